The van der Waals surface area contributed by atoms with Gasteiger partial charge in [-0.1, -0.05) is 12.1 Å². The molecule has 5 heteroatoms. The minimum Gasteiger partial charge on any atom is -0.477 e. The molecule has 0 atom stereocenters. The van der Waals surface area contributed by atoms with E-state index < -0.39 is 22.8 Å². The molecule has 0 amide bonds. The van der Waals surface area contributed by atoms with Crippen LogP contribution in [0.2, 0.25) is 0 Å². The van der Waals surface area contributed by atoms with Gasteiger partial charge in [0, 0.05) is 5.56 Å². The molecule has 1 heterocycles. The van der Waals surface area contributed by atoms with Crippen LogP contribution in [-0.4, -0.2) is 11.1 Å². The second kappa shape index (κ2) is 5.11. The van der Waals surface area contributed by atoms with Crippen LogP contribution in [0.3, 0.4) is 0 Å². The van der Waals surface area contributed by atoms with Crippen molar-refractivity contribution in [3.05, 3.63) is 69.6 Å². The number of carboxylic acids is 1. The van der Waals surface area contributed by atoms with Crippen molar-refractivity contribution in [2.75, 3.05) is 0 Å². The summed E-state index contributed by atoms with van der Waals surface area (Å²) in [6.07, 6.45) is 0. The molecule has 0 bridgehead atoms. The van der Waals surface area contributed by atoms with E-state index in [1.807, 2.05) is 0 Å². The average molecular weight is 298 g/mol. The highest BCUT2D eigenvalue weighted by atomic mass is 19.1. The van der Waals surface area contributed by atoms with Gasteiger partial charge in [-0.15, -0.1) is 0 Å². The Balaban J connectivity index is 2.44. The molecule has 2 aromatic carbocycles. The molecule has 0 spiro atoms. The minimum atomic E-state index is -1.38. The molecule has 0 aliphatic rings. The first-order valence-corrected chi connectivity index (χ1v) is 6.54. The first-order valence-electron chi connectivity index (χ1n) is 6.54. The fraction of sp³-hybridized carbons (Fsp3) is 0.0588. The van der Waals surface area contributed by atoms with Crippen molar-refractivity contribution in [3.63, 3.8) is 0 Å². The number of hydrogen-bond acceptors (Lipinski definition) is 3. The normalized spacial score (nSPS) is 10.8. The molecule has 1 aromatic heterocycles. The molecule has 3 aromatic rings. The van der Waals surface area contributed by atoms with E-state index in [0.29, 0.717) is 11.1 Å². The van der Waals surface area contributed by atoms with E-state index in [-0.39, 0.29) is 11.1 Å². The molecule has 0 fully saturated rings. The first-order chi connectivity index (χ1) is 10.5. The average Bonchev–Trinajstić information content (AvgIpc) is 2.48. The molecular formula is C17H11FO4. The molecule has 3 rings (SSSR count). The number of carbonyl (C=O) groups is 1. The summed E-state index contributed by atoms with van der Waals surface area (Å²) in [5, 5.41) is 9.57. The monoisotopic (exact) mass is 298 g/mol. The summed E-state index contributed by atoms with van der Waals surface area (Å²) in [5.41, 5.74) is 0.314. The Kier molecular flexibility index (Phi) is 3.25. The third kappa shape index (κ3) is 2.16. The molecule has 22 heavy (non-hydrogen) atoms. The molecule has 4 nitrogen and oxygen atoms in total. The van der Waals surface area contributed by atoms with Gasteiger partial charge in [-0.2, -0.15) is 0 Å². The largest absolute Gasteiger partial charge is 0.477 e. The highest BCUT2D eigenvalue weighted by molar-refractivity contribution is 5.98. The van der Waals surface area contributed by atoms with Crippen molar-refractivity contribution < 1.29 is 18.7 Å². The molecule has 0 aliphatic carbocycles. The van der Waals surface area contributed by atoms with Gasteiger partial charge in [0.15, 0.2) is 11.3 Å². The van der Waals surface area contributed by atoms with Crippen LogP contribution in [-0.2, 0) is 0 Å². The van der Waals surface area contributed by atoms with Crippen LogP contribution in [0, 0.1) is 12.7 Å². The molecule has 1 N–H and O–H groups in total. The zero-order chi connectivity index (χ0) is 15.9. The number of benzene rings is 2. The van der Waals surface area contributed by atoms with Gasteiger partial charge in [-0.3, -0.25) is 4.79 Å². The minimum absolute atomic E-state index is 0.0701. The lowest BCUT2D eigenvalue weighted by atomic mass is 10.0. The van der Waals surface area contributed by atoms with Crippen molar-refractivity contribution >= 4 is 16.9 Å². The topological polar surface area (TPSA) is 67.5 Å². The highest BCUT2D eigenvalue weighted by Crippen LogP contribution is 2.27. The number of para-hydroxylation sites is 1. The Morgan fingerprint density at radius 3 is 2.45 bits per heavy atom. The summed E-state index contributed by atoms with van der Waals surface area (Å²) < 4.78 is 18.7. The van der Waals surface area contributed by atoms with Gasteiger partial charge in [0.05, 0.1) is 5.39 Å². The van der Waals surface area contributed by atoms with Crippen LogP contribution in [0.4, 0.5) is 4.39 Å². The van der Waals surface area contributed by atoms with Crippen molar-refractivity contribution in [2.24, 2.45) is 0 Å². The third-order valence-corrected chi connectivity index (χ3v) is 3.44. The van der Waals surface area contributed by atoms with Gasteiger partial charge in [0.25, 0.3) is 0 Å². The van der Waals surface area contributed by atoms with Gasteiger partial charge in [-0.25, -0.2) is 9.18 Å². The molecule has 110 valence electrons. The molecule has 0 aliphatic heterocycles. The summed E-state index contributed by atoms with van der Waals surface area (Å²) in [6.45, 7) is 1.76. The predicted molar refractivity (Wildman–Crippen MR) is 79.6 cm³/mol. The number of aromatic carboxylic acids is 1. The van der Waals surface area contributed by atoms with Gasteiger partial charge < -0.3 is 9.52 Å². The molecule has 0 unspecified atom stereocenters. The van der Waals surface area contributed by atoms with Crippen LogP contribution in [0.1, 0.15) is 15.9 Å². The number of hydrogen-bond donors (Lipinski definition) is 1. The van der Waals surface area contributed by atoms with Crippen LogP contribution in [0.25, 0.3) is 22.3 Å². The second-order valence-electron chi connectivity index (χ2n) is 4.90. The van der Waals surface area contributed by atoms with Crippen LogP contribution < -0.4 is 5.43 Å². The summed E-state index contributed by atoms with van der Waals surface area (Å²) in [6, 6.07) is 10.1. The Labute approximate surface area is 124 Å². The quantitative estimate of drug-likeness (QED) is 0.785. The molecule has 0 radical (unpaired) electrons. The standard InChI is InChI=1S/C17H11FO4/c1-9-3-2-4-12-14(19)13(17(20)21)16(22-15(9)12)10-5-7-11(18)8-6-10/h2-8H,1H3,(H,20,21). The van der Waals surface area contributed by atoms with Gasteiger partial charge >= 0.3 is 5.97 Å². The third-order valence-electron chi connectivity index (χ3n) is 3.44. The zero-order valence-corrected chi connectivity index (χ0v) is 11.6. The number of aryl methyl sites for hydroxylation is 1. The van der Waals surface area contributed by atoms with E-state index in [2.05, 4.69) is 0 Å². The Morgan fingerprint density at radius 1 is 1.14 bits per heavy atom. The SMILES string of the molecule is Cc1cccc2c(=O)c(C(=O)O)c(-c3ccc(F)cc3)oc12. The van der Waals surface area contributed by atoms with Crippen molar-refractivity contribution in [3.8, 4) is 11.3 Å². The predicted octanol–water partition coefficient (Wildman–Crippen LogP) is 3.61. The Bertz CT molecular complexity index is 939. The van der Waals surface area contributed by atoms with E-state index in [9.17, 15) is 19.1 Å². The maximum Gasteiger partial charge on any atom is 0.343 e. The number of rotatable bonds is 2. The number of fused-ring (bicyclic) bond motifs is 1. The van der Waals surface area contributed by atoms with Gasteiger partial charge in [-0.05, 0) is 42.8 Å². The Morgan fingerprint density at radius 2 is 1.82 bits per heavy atom. The lowest BCUT2D eigenvalue weighted by molar-refractivity contribution is 0.0694. The van der Waals surface area contributed by atoms with Crippen molar-refractivity contribution in [1.82, 2.24) is 0 Å². The van der Waals surface area contributed by atoms with Gasteiger partial charge in [0.1, 0.15) is 11.4 Å². The maximum atomic E-state index is 13.0. The lowest BCUT2D eigenvalue weighted by Crippen LogP contribution is -2.16. The van der Waals surface area contributed by atoms with Crippen LogP contribution in [0.5, 0.6) is 0 Å². The smallest absolute Gasteiger partial charge is 0.343 e. The molecule has 0 saturated carbocycles. The molecule has 0 saturated heterocycles. The van der Waals surface area contributed by atoms with Crippen LogP contribution >= 0.6 is 0 Å². The van der Waals surface area contributed by atoms with E-state index in [0.717, 1.165) is 5.56 Å². The highest BCUT2D eigenvalue weighted by Gasteiger charge is 2.22. The zero-order valence-electron chi connectivity index (χ0n) is 11.6. The van der Waals surface area contributed by atoms with Gasteiger partial charge in [0.2, 0.25) is 5.43 Å². The van der Waals surface area contributed by atoms with E-state index >= 15 is 0 Å². The summed E-state index contributed by atoms with van der Waals surface area (Å²) >= 11 is 0. The van der Waals surface area contributed by atoms with Crippen molar-refractivity contribution in [1.29, 1.82) is 0 Å². The van der Waals surface area contributed by atoms with E-state index in [4.69, 9.17) is 4.42 Å². The summed E-state index contributed by atoms with van der Waals surface area (Å²) in [7, 11) is 0. The van der Waals surface area contributed by atoms with Crippen molar-refractivity contribution in [2.45, 2.75) is 6.92 Å². The second-order valence-corrected chi connectivity index (χ2v) is 4.90. The molecular weight excluding hydrogens is 287 g/mol. The fourth-order valence-electron chi connectivity index (χ4n) is 2.36. The van der Waals surface area contributed by atoms with E-state index in [1.54, 1.807) is 19.1 Å². The first kappa shape index (κ1) is 14.0. The summed E-state index contributed by atoms with van der Waals surface area (Å²) in [4.78, 5) is 23.9. The fourth-order valence-corrected chi connectivity index (χ4v) is 2.36. The maximum absolute atomic E-state index is 13.0. The lowest BCUT2D eigenvalue weighted by Gasteiger charge is -2.08. The Hall–Kier alpha value is -2.95. The van der Waals surface area contributed by atoms with E-state index in [1.165, 1.54) is 30.3 Å². The number of halogens is 1. The summed E-state index contributed by atoms with van der Waals surface area (Å²) in [5.74, 6) is -1.91. The number of carboxylic acid groups (broad SMARTS) is 1. The van der Waals surface area contributed by atoms with Crippen LogP contribution in [0.15, 0.2) is 51.7 Å².